The molecule has 0 aliphatic heterocycles. The van der Waals surface area contributed by atoms with Crippen molar-refractivity contribution in [3.05, 3.63) is 51.5 Å². The summed E-state index contributed by atoms with van der Waals surface area (Å²) in [5.74, 6) is 0.703. The van der Waals surface area contributed by atoms with Gasteiger partial charge in [-0.15, -0.1) is 0 Å². The molecule has 0 spiro atoms. The maximum absolute atomic E-state index is 6.15. The Kier molecular flexibility index (Phi) is 2.94. The summed E-state index contributed by atoms with van der Waals surface area (Å²) in [6.07, 6.45) is 0. The first-order chi connectivity index (χ1) is 8.63. The number of rotatable bonds is 1. The molecule has 3 rings (SSSR count). The monoisotopic (exact) mass is 296 g/mol. The summed E-state index contributed by atoms with van der Waals surface area (Å²) in [6.45, 7) is 0. The zero-order chi connectivity index (χ0) is 12.7. The van der Waals surface area contributed by atoms with Crippen LogP contribution in [0.3, 0.4) is 0 Å². The molecule has 3 aromatic rings. The number of aromatic amines is 1. The molecule has 0 bridgehead atoms. The molecule has 2 aromatic carbocycles. The molecule has 1 N–H and O–H groups in total. The van der Waals surface area contributed by atoms with Crippen LogP contribution in [0, 0.1) is 0 Å². The molecular weight excluding hydrogens is 291 g/mol. The van der Waals surface area contributed by atoms with Crippen molar-refractivity contribution in [3.8, 4) is 11.4 Å². The van der Waals surface area contributed by atoms with E-state index in [9.17, 15) is 0 Å². The third-order valence-corrected chi connectivity index (χ3v) is 3.41. The standard InChI is InChI=1S/C13H7Cl3N2/c14-7-1-3-9(10(16)5-7)13-17-11-4-2-8(15)6-12(11)18-13/h1-6H,(H,17,18). The number of hydrogen-bond donors (Lipinski definition) is 1. The summed E-state index contributed by atoms with van der Waals surface area (Å²) in [5.41, 5.74) is 2.54. The molecule has 1 heterocycles. The van der Waals surface area contributed by atoms with Crippen LogP contribution in [-0.4, -0.2) is 9.97 Å². The van der Waals surface area contributed by atoms with Crippen molar-refractivity contribution in [2.75, 3.05) is 0 Å². The maximum Gasteiger partial charge on any atom is 0.139 e. The van der Waals surface area contributed by atoms with Crippen LogP contribution >= 0.6 is 34.8 Å². The van der Waals surface area contributed by atoms with E-state index < -0.39 is 0 Å². The van der Waals surface area contributed by atoms with Crippen LogP contribution in [-0.2, 0) is 0 Å². The van der Waals surface area contributed by atoms with E-state index in [0.717, 1.165) is 16.6 Å². The Hall–Kier alpha value is -1.22. The van der Waals surface area contributed by atoms with Gasteiger partial charge in [-0.2, -0.15) is 0 Å². The lowest BCUT2D eigenvalue weighted by atomic mass is 10.2. The van der Waals surface area contributed by atoms with Gasteiger partial charge in [-0.25, -0.2) is 4.98 Å². The Labute approximate surface area is 119 Å². The Balaban J connectivity index is 2.19. The molecule has 0 saturated carbocycles. The molecule has 0 aliphatic carbocycles. The van der Waals surface area contributed by atoms with Gasteiger partial charge in [0.1, 0.15) is 5.82 Å². The first-order valence-corrected chi connectivity index (χ1v) is 6.37. The van der Waals surface area contributed by atoms with E-state index in [1.807, 2.05) is 18.2 Å². The predicted octanol–water partition coefficient (Wildman–Crippen LogP) is 5.19. The Morgan fingerprint density at radius 3 is 2.39 bits per heavy atom. The average molecular weight is 298 g/mol. The highest BCUT2D eigenvalue weighted by molar-refractivity contribution is 6.36. The summed E-state index contributed by atoms with van der Waals surface area (Å²) in [5, 5.41) is 1.83. The molecule has 0 amide bonds. The second kappa shape index (κ2) is 4.47. The summed E-state index contributed by atoms with van der Waals surface area (Å²) < 4.78 is 0. The van der Waals surface area contributed by atoms with Gasteiger partial charge < -0.3 is 4.98 Å². The molecule has 90 valence electrons. The SMILES string of the molecule is Clc1ccc(-c2nc3ccc(Cl)cc3[nH]2)c(Cl)c1. The van der Waals surface area contributed by atoms with Gasteiger partial charge in [0.2, 0.25) is 0 Å². The second-order valence-electron chi connectivity index (χ2n) is 3.87. The normalized spacial score (nSPS) is 11.1. The number of nitrogens with zero attached hydrogens (tertiary/aromatic N) is 1. The van der Waals surface area contributed by atoms with Crippen LogP contribution in [0.5, 0.6) is 0 Å². The van der Waals surface area contributed by atoms with Crippen LogP contribution in [0.25, 0.3) is 22.4 Å². The first-order valence-electron chi connectivity index (χ1n) is 5.24. The molecule has 18 heavy (non-hydrogen) atoms. The fraction of sp³-hybridized carbons (Fsp3) is 0. The summed E-state index contributed by atoms with van der Waals surface area (Å²) in [4.78, 5) is 7.66. The Morgan fingerprint density at radius 1 is 0.889 bits per heavy atom. The third kappa shape index (κ3) is 2.07. The van der Waals surface area contributed by atoms with Crippen LogP contribution < -0.4 is 0 Å². The van der Waals surface area contributed by atoms with Crippen LogP contribution in [0.2, 0.25) is 15.1 Å². The Morgan fingerprint density at radius 2 is 1.61 bits per heavy atom. The molecular formula is C13H7Cl3N2. The maximum atomic E-state index is 6.15. The second-order valence-corrected chi connectivity index (χ2v) is 5.15. The van der Waals surface area contributed by atoms with E-state index >= 15 is 0 Å². The van der Waals surface area contributed by atoms with Crippen molar-refractivity contribution in [3.63, 3.8) is 0 Å². The van der Waals surface area contributed by atoms with Crippen molar-refractivity contribution >= 4 is 45.8 Å². The van der Waals surface area contributed by atoms with Gasteiger partial charge in [-0.3, -0.25) is 0 Å². The molecule has 0 radical (unpaired) electrons. The minimum Gasteiger partial charge on any atom is -0.338 e. The predicted molar refractivity (Wildman–Crippen MR) is 76.6 cm³/mol. The van der Waals surface area contributed by atoms with Gasteiger partial charge in [-0.05, 0) is 36.4 Å². The lowest BCUT2D eigenvalue weighted by molar-refractivity contribution is 1.34. The van der Waals surface area contributed by atoms with Crippen molar-refractivity contribution < 1.29 is 0 Å². The molecule has 1 aromatic heterocycles. The van der Waals surface area contributed by atoms with Crippen LogP contribution in [0.15, 0.2) is 36.4 Å². The highest BCUT2D eigenvalue weighted by Gasteiger charge is 2.09. The number of imidazole rings is 1. The molecule has 0 aliphatic rings. The average Bonchev–Trinajstić information content (AvgIpc) is 2.71. The minimum absolute atomic E-state index is 0.563. The van der Waals surface area contributed by atoms with E-state index in [4.69, 9.17) is 34.8 Å². The van der Waals surface area contributed by atoms with Gasteiger partial charge >= 0.3 is 0 Å². The van der Waals surface area contributed by atoms with E-state index in [0.29, 0.717) is 20.9 Å². The van der Waals surface area contributed by atoms with E-state index in [-0.39, 0.29) is 0 Å². The van der Waals surface area contributed by atoms with Crippen LogP contribution in [0.1, 0.15) is 0 Å². The summed E-state index contributed by atoms with van der Waals surface area (Å²) in [7, 11) is 0. The van der Waals surface area contributed by atoms with E-state index in [2.05, 4.69) is 9.97 Å². The first kappa shape index (κ1) is 11.8. The lowest BCUT2D eigenvalue weighted by Gasteiger charge is -2.00. The Bertz CT molecular complexity index is 734. The van der Waals surface area contributed by atoms with Crippen molar-refractivity contribution in [2.24, 2.45) is 0 Å². The number of halogens is 3. The van der Waals surface area contributed by atoms with E-state index in [1.165, 1.54) is 0 Å². The summed E-state index contributed by atoms with van der Waals surface area (Å²) in [6, 6.07) is 10.8. The van der Waals surface area contributed by atoms with Crippen molar-refractivity contribution in [1.29, 1.82) is 0 Å². The third-order valence-electron chi connectivity index (χ3n) is 2.63. The number of fused-ring (bicyclic) bond motifs is 1. The fourth-order valence-corrected chi connectivity index (χ4v) is 2.46. The van der Waals surface area contributed by atoms with Gasteiger partial charge in [0, 0.05) is 15.6 Å². The highest BCUT2D eigenvalue weighted by atomic mass is 35.5. The molecule has 0 atom stereocenters. The fourth-order valence-electron chi connectivity index (χ4n) is 1.79. The topological polar surface area (TPSA) is 28.7 Å². The molecule has 2 nitrogen and oxygen atoms in total. The largest absolute Gasteiger partial charge is 0.338 e. The number of H-pyrrole nitrogens is 1. The zero-order valence-corrected chi connectivity index (χ0v) is 11.3. The van der Waals surface area contributed by atoms with Gasteiger partial charge in [0.15, 0.2) is 0 Å². The van der Waals surface area contributed by atoms with Gasteiger partial charge in [0.05, 0.1) is 16.1 Å². The smallest absolute Gasteiger partial charge is 0.139 e. The number of nitrogens with one attached hydrogen (secondary N) is 1. The number of aromatic nitrogens is 2. The molecule has 0 unspecified atom stereocenters. The number of hydrogen-bond acceptors (Lipinski definition) is 1. The van der Waals surface area contributed by atoms with Crippen LogP contribution in [0.4, 0.5) is 0 Å². The van der Waals surface area contributed by atoms with Gasteiger partial charge in [0.25, 0.3) is 0 Å². The number of benzene rings is 2. The van der Waals surface area contributed by atoms with Crippen molar-refractivity contribution in [1.82, 2.24) is 9.97 Å². The van der Waals surface area contributed by atoms with Gasteiger partial charge in [-0.1, -0.05) is 34.8 Å². The molecule has 0 saturated heterocycles. The molecule has 0 fully saturated rings. The lowest BCUT2D eigenvalue weighted by Crippen LogP contribution is -1.81. The highest BCUT2D eigenvalue weighted by Crippen LogP contribution is 2.30. The quantitative estimate of drug-likeness (QED) is 0.658. The zero-order valence-electron chi connectivity index (χ0n) is 9.05. The minimum atomic E-state index is 0.563. The summed E-state index contributed by atoms with van der Waals surface area (Å²) >= 11 is 18.0. The van der Waals surface area contributed by atoms with E-state index in [1.54, 1.807) is 18.2 Å². The molecule has 5 heteroatoms. The van der Waals surface area contributed by atoms with Crippen molar-refractivity contribution in [2.45, 2.75) is 0 Å².